The molecule has 0 spiro atoms. The van der Waals surface area contributed by atoms with Crippen molar-refractivity contribution in [3.63, 3.8) is 0 Å². The highest BCUT2D eigenvalue weighted by atomic mass is 16.2. The fourth-order valence-electron chi connectivity index (χ4n) is 2.59. The first-order chi connectivity index (χ1) is 10.8. The number of carbonyl (C=O) groups excluding carboxylic acids is 2. The number of carbonyl (C=O) groups is 2. The van der Waals surface area contributed by atoms with Crippen LogP contribution in [0.4, 0.5) is 0 Å². The predicted molar refractivity (Wildman–Crippen MR) is 90.9 cm³/mol. The molecule has 0 aromatic heterocycles. The van der Waals surface area contributed by atoms with Gasteiger partial charge in [0.25, 0.3) is 5.91 Å². The molecule has 0 radical (unpaired) electrons. The molecule has 0 bridgehead atoms. The van der Waals surface area contributed by atoms with E-state index in [0.717, 1.165) is 24.9 Å². The maximum Gasteiger partial charge on any atom is 0.253 e. The van der Waals surface area contributed by atoms with E-state index < -0.39 is 5.41 Å². The summed E-state index contributed by atoms with van der Waals surface area (Å²) in [6.07, 6.45) is 1.94. The summed E-state index contributed by atoms with van der Waals surface area (Å²) in [6.45, 7) is 7.52. The Labute approximate surface area is 138 Å². The molecule has 126 valence electrons. The SMILES string of the molecule is CC(C)(C)C(=O)NCc1ccc(C(=O)N2CCCC(N)C2)cc1. The highest BCUT2D eigenvalue weighted by Gasteiger charge is 2.22. The van der Waals surface area contributed by atoms with Gasteiger partial charge in [0.2, 0.25) is 5.91 Å². The van der Waals surface area contributed by atoms with E-state index >= 15 is 0 Å². The largest absolute Gasteiger partial charge is 0.352 e. The maximum absolute atomic E-state index is 12.5. The number of hydrogen-bond acceptors (Lipinski definition) is 3. The van der Waals surface area contributed by atoms with E-state index in [2.05, 4.69) is 5.32 Å². The number of benzene rings is 1. The van der Waals surface area contributed by atoms with Crippen LogP contribution in [0.5, 0.6) is 0 Å². The van der Waals surface area contributed by atoms with Crippen molar-refractivity contribution in [3.8, 4) is 0 Å². The van der Waals surface area contributed by atoms with Gasteiger partial charge in [-0.3, -0.25) is 9.59 Å². The van der Waals surface area contributed by atoms with E-state index in [1.165, 1.54) is 0 Å². The minimum atomic E-state index is -0.400. The number of piperidine rings is 1. The molecular formula is C18H27N3O2. The van der Waals surface area contributed by atoms with Crippen LogP contribution < -0.4 is 11.1 Å². The molecule has 1 fully saturated rings. The molecule has 1 atom stereocenters. The van der Waals surface area contributed by atoms with Crippen LogP contribution in [-0.4, -0.2) is 35.8 Å². The Balaban J connectivity index is 1.94. The van der Waals surface area contributed by atoms with Gasteiger partial charge in [-0.15, -0.1) is 0 Å². The third-order valence-electron chi connectivity index (χ3n) is 4.08. The molecule has 1 aromatic carbocycles. The van der Waals surface area contributed by atoms with Gasteiger partial charge < -0.3 is 16.0 Å². The van der Waals surface area contributed by atoms with Gasteiger partial charge in [0.05, 0.1) is 0 Å². The minimum Gasteiger partial charge on any atom is -0.352 e. The Kier molecular flexibility index (Phi) is 5.42. The van der Waals surface area contributed by atoms with Crippen molar-refractivity contribution in [1.82, 2.24) is 10.2 Å². The van der Waals surface area contributed by atoms with E-state index in [1.807, 2.05) is 49.9 Å². The highest BCUT2D eigenvalue weighted by Crippen LogP contribution is 2.15. The lowest BCUT2D eigenvalue weighted by Gasteiger charge is -2.30. The van der Waals surface area contributed by atoms with E-state index in [9.17, 15) is 9.59 Å². The van der Waals surface area contributed by atoms with Gasteiger partial charge >= 0.3 is 0 Å². The fourth-order valence-corrected chi connectivity index (χ4v) is 2.59. The molecule has 5 heteroatoms. The topological polar surface area (TPSA) is 75.4 Å². The van der Waals surface area contributed by atoms with E-state index in [1.54, 1.807) is 0 Å². The minimum absolute atomic E-state index is 0.0138. The van der Waals surface area contributed by atoms with E-state index in [-0.39, 0.29) is 17.9 Å². The first kappa shape index (κ1) is 17.5. The van der Waals surface area contributed by atoms with Gasteiger partial charge in [-0.05, 0) is 30.5 Å². The summed E-state index contributed by atoms with van der Waals surface area (Å²) in [5, 5.41) is 2.91. The van der Waals surface area contributed by atoms with Crippen LogP contribution in [-0.2, 0) is 11.3 Å². The molecule has 0 aliphatic carbocycles. The molecule has 3 N–H and O–H groups in total. The Morgan fingerprint density at radius 2 is 1.91 bits per heavy atom. The summed E-state index contributed by atoms with van der Waals surface area (Å²) >= 11 is 0. The van der Waals surface area contributed by atoms with Crippen molar-refractivity contribution < 1.29 is 9.59 Å². The fraction of sp³-hybridized carbons (Fsp3) is 0.556. The Hall–Kier alpha value is -1.88. The average Bonchev–Trinajstić information content (AvgIpc) is 2.51. The molecule has 2 amide bonds. The lowest BCUT2D eigenvalue weighted by molar-refractivity contribution is -0.128. The average molecular weight is 317 g/mol. The normalized spacial score (nSPS) is 18.6. The van der Waals surface area contributed by atoms with Crippen molar-refractivity contribution in [1.29, 1.82) is 0 Å². The van der Waals surface area contributed by atoms with Crippen LogP contribution >= 0.6 is 0 Å². The van der Waals surface area contributed by atoms with Crippen LogP contribution in [0.3, 0.4) is 0 Å². The second kappa shape index (κ2) is 7.13. The maximum atomic E-state index is 12.5. The quantitative estimate of drug-likeness (QED) is 0.894. The summed E-state index contributed by atoms with van der Waals surface area (Å²) in [7, 11) is 0. The molecule has 1 aromatic rings. The van der Waals surface area contributed by atoms with Gasteiger partial charge in [0.15, 0.2) is 0 Å². The Bertz CT molecular complexity index is 561. The summed E-state index contributed by atoms with van der Waals surface area (Å²) < 4.78 is 0. The molecule has 1 heterocycles. The number of nitrogens with one attached hydrogen (secondary N) is 1. The van der Waals surface area contributed by atoms with E-state index in [4.69, 9.17) is 5.73 Å². The first-order valence-electron chi connectivity index (χ1n) is 8.19. The van der Waals surface area contributed by atoms with Crippen molar-refractivity contribution in [3.05, 3.63) is 35.4 Å². The first-order valence-corrected chi connectivity index (χ1v) is 8.19. The number of likely N-dealkylation sites (tertiary alicyclic amines) is 1. The standard InChI is InChI=1S/C18H27N3O2/c1-18(2,3)17(23)20-11-13-6-8-14(9-7-13)16(22)21-10-4-5-15(19)12-21/h6-9,15H,4-5,10-12,19H2,1-3H3,(H,20,23). The van der Waals surface area contributed by atoms with Gasteiger partial charge in [0, 0.05) is 36.7 Å². The van der Waals surface area contributed by atoms with Crippen LogP contribution in [0.2, 0.25) is 0 Å². The van der Waals surface area contributed by atoms with Crippen molar-refractivity contribution in [2.75, 3.05) is 13.1 Å². The van der Waals surface area contributed by atoms with Gasteiger partial charge in [0.1, 0.15) is 0 Å². The second-order valence-corrected chi connectivity index (χ2v) is 7.28. The Morgan fingerprint density at radius 3 is 2.48 bits per heavy atom. The summed E-state index contributed by atoms with van der Waals surface area (Å²) in [5.41, 5.74) is 7.19. The zero-order chi connectivity index (χ0) is 17.0. The van der Waals surface area contributed by atoms with Gasteiger partial charge in [-0.2, -0.15) is 0 Å². The highest BCUT2D eigenvalue weighted by molar-refractivity contribution is 5.94. The number of hydrogen-bond donors (Lipinski definition) is 2. The molecule has 23 heavy (non-hydrogen) atoms. The smallest absolute Gasteiger partial charge is 0.253 e. The van der Waals surface area contributed by atoms with E-state index in [0.29, 0.717) is 18.7 Å². The Morgan fingerprint density at radius 1 is 1.26 bits per heavy atom. The molecule has 1 aliphatic rings. The van der Waals surface area contributed by atoms with Crippen LogP contribution in [0.25, 0.3) is 0 Å². The van der Waals surface area contributed by atoms with Crippen LogP contribution in [0.15, 0.2) is 24.3 Å². The molecular weight excluding hydrogens is 290 g/mol. The summed E-state index contributed by atoms with van der Waals surface area (Å²) in [4.78, 5) is 26.1. The second-order valence-electron chi connectivity index (χ2n) is 7.28. The number of nitrogens with two attached hydrogens (primary N) is 1. The summed E-state index contributed by atoms with van der Waals surface area (Å²) in [6, 6.07) is 7.50. The van der Waals surface area contributed by atoms with Gasteiger partial charge in [-0.1, -0.05) is 32.9 Å². The molecule has 0 saturated carbocycles. The third kappa shape index (κ3) is 4.79. The lowest BCUT2D eigenvalue weighted by atomic mass is 9.95. The van der Waals surface area contributed by atoms with Crippen LogP contribution in [0, 0.1) is 5.41 Å². The van der Waals surface area contributed by atoms with Crippen molar-refractivity contribution in [2.45, 2.75) is 46.2 Å². The number of nitrogens with zero attached hydrogens (tertiary/aromatic N) is 1. The van der Waals surface area contributed by atoms with Crippen molar-refractivity contribution >= 4 is 11.8 Å². The van der Waals surface area contributed by atoms with Crippen molar-refractivity contribution in [2.24, 2.45) is 11.1 Å². The van der Waals surface area contributed by atoms with Crippen LogP contribution in [0.1, 0.15) is 49.5 Å². The number of rotatable bonds is 3. The lowest BCUT2D eigenvalue weighted by Crippen LogP contribution is -2.45. The predicted octanol–water partition coefficient (Wildman–Crippen LogP) is 1.91. The molecule has 1 unspecified atom stereocenters. The molecule has 1 saturated heterocycles. The van der Waals surface area contributed by atoms with Gasteiger partial charge in [-0.25, -0.2) is 0 Å². The summed E-state index contributed by atoms with van der Waals surface area (Å²) in [5.74, 6) is 0.0467. The molecule has 1 aliphatic heterocycles. The molecule has 2 rings (SSSR count). The number of amides is 2. The monoisotopic (exact) mass is 317 g/mol. The molecule has 5 nitrogen and oxygen atoms in total. The zero-order valence-electron chi connectivity index (χ0n) is 14.3. The zero-order valence-corrected chi connectivity index (χ0v) is 14.3. The third-order valence-corrected chi connectivity index (χ3v) is 4.08.